The summed E-state index contributed by atoms with van der Waals surface area (Å²) in [5.41, 5.74) is 0.442. The van der Waals surface area contributed by atoms with Crippen LogP contribution in [0.25, 0.3) is 0 Å². The molecule has 1 N–H and O–H groups in total. The van der Waals surface area contributed by atoms with Gasteiger partial charge >= 0.3 is 0 Å². The minimum absolute atomic E-state index is 0.165. The van der Waals surface area contributed by atoms with Crippen molar-refractivity contribution in [3.05, 3.63) is 0 Å². The van der Waals surface area contributed by atoms with E-state index in [2.05, 4.69) is 19.2 Å². The van der Waals surface area contributed by atoms with E-state index in [0.29, 0.717) is 18.0 Å². The largest absolute Gasteiger partial charge is 0.348 e. The van der Waals surface area contributed by atoms with E-state index in [-0.39, 0.29) is 5.91 Å². The van der Waals surface area contributed by atoms with Crippen LogP contribution in [0.3, 0.4) is 0 Å². The second-order valence-electron chi connectivity index (χ2n) is 5.63. The van der Waals surface area contributed by atoms with Crippen LogP contribution in [0.15, 0.2) is 0 Å². The first-order valence-corrected chi connectivity index (χ1v) is 5.84. The quantitative estimate of drug-likeness (QED) is 0.771. The van der Waals surface area contributed by atoms with Gasteiger partial charge in [-0.05, 0) is 24.7 Å². The number of likely N-dealkylation sites (N-methyl/N-ethyl adjacent to an activating group) is 1. The number of hydrogen-bond donors (Lipinski definition) is 1. The number of amides is 1. The molecule has 1 aliphatic carbocycles. The Balaban J connectivity index is 2.30. The second-order valence-corrected chi connectivity index (χ2v) is 5.63. The molecule has 0 heterocycles. The van der Waals surface area contributed by atoms with Crippen LogP contribution in [0.4, 0.5) is 0 Å². The van der Waals surface area contributed by atoms with Gasteiger partial charge in [0.1, 0.15) is 0 Å². The van der Waals surface area contributed by atoms with Crippen molar-refractivity contribution in [3.63, 3.8) is 0 Å². The lowest BCUT2D eigenvalue weighted by molar-refractivity contribution is -0.127. The molecule has 0 saturated heterocycles. The van der Waals surface area contributed by atoms with Gasteiger partial charge in [0.15, 0.2) is 0 Å². The van der Waals surface area contributed by atoms with Crippen LogP contribution in [-0.4, -0.2) is 37.5 Å². The summed E-state index contributed by atoms with van der Waals surface area (Å²) in [4.78, 5) is 13.1. The highest BCUT2D eigenvalue weighted by molar-refractivity contribution is 5.77. The average Bonchev–Trinajstić information content (AvgIpc) is 2.12. The number of carbonyl (C=O) groups is 1. The lowest BCUT2D eigenvalue weighted by atomic mass is 9.75. The second kappa shape index (κ2) is 4.97. The maximum atomic E-state index is 11.4. The van der Waals surface area contributed by atoms with Gasteiger partial charge in [-0.1, -0.05) is 20.3 Å². The van der Waals surface area contributed by atoms with E-state index >= 15 is 0 Å². The Morgan fingerprint density at radius 1 is 1.47 bits per heavy atom. The fraction of sp³-hybridized carbons (Fsp3) is 0.917. The third kappa shape index (κ3) is 4.20. The molecule has 1 atom stereocenters. The monoisotopic (exact) mass is 212 g/mol. The van der Waals surface area contributed by atoms with Gasteiger partial charge in [-0.3, -0.25) is 4.79 Å². The zero-order chi connectivity index (χ0) is 11.5. The molecule has 0 spiro atoms. The summed E-state index contributed by atoms with van der Waals surface area (Å²) < 4.78 is 0. The number of nitrogens with one attached hydrogen (secondary N) is 1. The van der Waals surface area contributed by atoms with Crippen molar-refractivity contribution in [2.75, 3.05) is 20.6 Å². The molecule has 3 nitrogen and oxygen atoms in total. The van der Waals surface area contributed by atoms with Crippen LogP contribution >= 0.6 is 0 Å². The predicted octanol–water partition coefficient (Wildman–Crippen LogP) is 1.63. The van der Waals surface area contributed by atoms with Crippen molar-refractivity contribution in [2.24, 2.45) is 5.41 Å². The van der Waals surface area contributed by atoms with Crippen molar-refractivity contribution in [3.8, 4) is 0 Å². The third-order valence-corrected chi connectivity index (χ3v) is 3.25. The first-order valence-electron chi connectivity index (χ1n) is 5.84. The van der Waals surface area contributed by atoms with E-state index < -0.39 is 0 Å². The van der Waals surface area contributed by atoms with Gasteiger partial charge in [0, 0.05) is 20.1 Å². The van der Waals surface area contributed by atoms with Crippen LogP contribution < -0.4 is 5.32 Å². The Morgan fingerprint density at radius 3 is 2.67 bits per heavy atom. The van der Waals surface area contributed by atoms with E-state index in [0.717, 1.165) is 0 Å². The third-order valence-electron chi connectivity index (χ3n) is 3.25. The number of hydrogen-bond acceptors (Lipinski definition) is 2. The fourth-order valence-electron chi connectivity index (χ4n) is 2.26. The van der Waals surface area contributed by atoms with Crippen molar-refractivity contribution >= 4 is 5.91 Å². The number of nitrogens with zero attached hydrogens (tertiary/aromatic N) is 1. The molecule has 1 unspecified atom stereocenters. The molecule has 1 amide bonds. The minimum atomic E-state index is 0.165. The van der Waals surface area contributed by atoms with Crippen molar-refractivity contribution in [1.29, 1.82) is 0 Å². The molecule has 15 heavy (non-hydrogen) atoms. The van der Waals surface area contributed by atoms with Crippen LogP contribution in [0.5, 0.6) is 0 Å². The highest BCUT2D eigenvalue weighted by Gasteiger charge is 2.27. The molecule has 0 aliphatic heterocycles. The summed E-state index contributed by atoms with van der Waals surface area (Å²) >= 11 is 0. The van der Waals surface area contributed by atoms with Crippen LogP contribution in [0.1, 0.15) is 39.5 Å². The Labute approximate surface area is 93.2 Å². The summed E-state index contributed by atoms with van der Waals surface area (Å²) in [5.74, 6) is 0.165. The molecular weight excluding hydrogens is 188 g/mol. The Morgan fingerprint density at radius 2 is 2.13 bits per heavy atom. The first kappa shape index (κ1) is 12.5. The van der Waals surface area contributed by atoms with Gasteiger partial charge in [0.05, 0.1) is 6.54 Å². The van der Waals surface area contributed by atoms with E-state index in [4.69, 9.17) is 0 Å². The Bertz CT molecular complexity index is 224. The van der Waals surface area contributed by atoms with Gasteiger partial charge in [-0.25, -0.2) is 0 Å². The van der Waals surface area contributed by atoms with Crippen LogP contribution in [0.2, 0.25) is 0 Å². The van der Waals surface area contributed by atoms with E-state index in [1.807, 2.05) is 0 Å². The predicted molar refractivity (Wildman–Crippen MR) is 62.7 cm³/mol. The van der Waals surface area contributed by atoms with Gasteiger partial charge < -0.3 is 10.2 Å². The van der Waals surface area contributed by atoms with Gasteiger partial charge in [0.2, 0.25) is 5.91 Å². The molecule has 1 rings (SSSR count). The lowest BCUT2D eigenvalue weighted by Crippen LogP contribution is -2.42. The smallest absolute Gasteiger partial charge is 0.236 e. The molecule has 0 aromatic heterocycles. The minimum Gasteiger partial charge on any atom is -0.348 e. The Kier molecular flexibility index (Phi) is 4.14. The molecule has 0 radical (unpaired) electrons. The van der Waals surface area contributed by atoms with Crippen molar-refractivity contribution in [2.45, 2.75) is 45.6 Å². The summed E-state index contributed by atoms with van der Waals surface area (Å²) in [5, 5.41) is 3.37. The highest BCUT2D eigenvalue weighted by atomic mass is 16.2. The van der Waals surface area contributed by atoms with E-state index in [1.54, 1.807) is 19.0 Å². The van der Waals surface area contributed by atoms with Crippen molar-refractivity contribution in [1.82, 2.24) is 10.2 Å². The fourth-order valence-corrected chi connectivity index (χ4v) is 2.26. The van der Waals surface area contributed by atoms with Gasteiger partial charge in [-0.2, -0.15) is 0 Å². The summed E-state index contributed by atoms with van der Waals surface area (Å²) in [7, 11) is 3.60. The molecule has 1 aliphatic rings. The number of carbonyl (C=O) groups excluding carboxylic acids is 1. The SMILES string of the molecule is CN(C)C(=O)CNC1CCCC(C)(C)C1. The molecule has 1 fully saturated rings. The molecular formula is C12H24N2O. The molecule has 0 aromatic carbocycles. The average molecular weight is 212 g/mol. The van der Waals surface area contributed by atoms with Crippen LogP contribution in [0, 0.1) is 5.41 Å². The topological polar surface area (TPSA) is 32.3 Å². The summed E-state index contributed by atoms with van der Waals surface area (Å²) in [6, 6.07) is 0.526. The molecule has 0 aromatic rings. The highest BCUT2D eigenvalue weighted by Crippen LogP contribution is 2.34. The standard InChI is InChI=1S/C12H24N2O/c1-12(2)7-5-6-10(8-12)13-9-11(15)14(3)4/h10,13H,5-9H2,1-4H3. The molecule has 88 valence electrons. The van der Waals surface area contributed by atoms with E-state index in [1.165, 1.54) is 25.7 Å². The molecule has 3 heteroatoms. The number of rotatable bonds is 3. The molecule has 0 bridgehead atoms. The Hall–Kier alpha value is -0.570. The van der Waals surface area contributed by atoms with E-state index in [9.17, 15) is 4.79 Å². The zero-order valence-electron chi connectivity index (χ0n) is 10.5. The normalized spacial score (nSPS) is 24.9. The molecule has 1 saturated carbocycles. The summed E-state index contributed by atoms with van der Waals surface area (Å²) in [6.45, 7) is 5.11. The summed E-state index contributed by atoms with van der Waals surface area (Å²) in [6.07, 6.45) is 4.99. The van der Waals surface area contributed by atoms with Crippen molar-refractivity contribution < 1.29 is 4.79 Å². The first-order chi connectivity index (χ1) is 6.91. The lowest BCUT2D eigenvalue weighted by Gasteiger charge is -2.35. The van der Waals surface area contributed by atoms with Gasteiger partial charge in [0.25, 0.3) is 0 Å². The van der Waals surface area contributed by atoms with Crippen LogP contribution in [-0.2, 0) is 4.79 Å². The maximum Gasteiger partial charge on any atom is 0.236 e. The maximum absolute atomic E-state index is 11.4. The zero-order valence-corrected chi connectivity index (χ0v) is 10.5. The van der Waals surface area contributed by atoms with Gasteiger partial charge in [-0.15, -0.1) is 0 Å².